The topological polar surface area (TPSA) is 98.2 Å². The number of nitrogens with zero attached hydrogens (tertiary/aromatic N) is 1. The molecule has 1 unspecified atom stereocenters. The summed E-state index contributed by atoms with van der Waals surface area (Å²) in [4.78, 5) is 3.94. The van der Waals surface area contributed by atoms with Crippen molar-refractivity contribution in [3.05, 3.63) is 48.0 Å². The van der Waals surface area contributed by atoms with E-state index in [2.05, 4.69) is 9.71 Å². The van der Waals surface area contributed by atoms with Crippen molar-refractivity contribution in [2.45, 2.75) is 37.4 Å². The van der Waals surface area contributed by atoms with E-state index in [1.165, 1.54) is 12.3 Å². The second kappa shape index (κ2) is 6.84. The fourth-order valence-electron chi connectivity index (χ4n) is 1.89. The van der Waals surface area contributed by atoms with Crippen LogP contribution in [0.25, 0.3) is 0 Å². The molecule has 0 bridgehead atoms. The number of sulfonamides is 1. The molecule has 7 heteroatoms. The summed E-state index contributed by atoms with van der Waals surface area (Å²) in [6.07, 6.45) is 4.40. The van der Waals surface area contributed by atoms with Crippen molar-refractivity contribution >= 4 is 10.0 Å². The van der Waals surface area contributed by atoms with Crippen molar-refractivity contribution in [1.82, 2.24) is 9.71 Å². The Labute approximate surface area is 124 Å². The van der Waals surface area contributed by atoms with E-state index < -0.39 is 10.0 Å². The van der Waals surface area contributed by atoms with Crippen molar-refractivity contribution in [2.75, 3.05) is 0 Å². The number of rotatable bonds is 7. The first-order valence-electron chi connectivity index (χ1n) is 6.71. The van der Waals surface area contributed by atoms with Gasteiger partial charge in [0, 0.05) is 25.2 Å². The van der Waals surface area contributed by atoms with Gasteiger partial charge < -0.3 is 10.2 Å². The molecule has 0 fully saturated rings. The number of nitrogens with two attached hydrogens (primary N) is 1. The van der Waals surface area contributed by atoms with Crippen LogP contribution in [0.1, 0.15) is 24.7 Å². The van der Waals surface area contributed by atoms with Crippen molar-refractivity contribution in [3.63, 3.8) is 0 Å². The minimum Gasteiger partial charge on any atom is -0.469 e. The summed E-state index contributed by atoms with van der Waals surface area (Å²) in [7, 11) is -3.61. The van der Waals surface area contributed by atoms with Gasteiger partial charge in [0.15, 0.2) is 5.03 Å². The van der Waals surface area contributed by atoms with Gasteiger partial charge in [-0.3, -0.25) is 0 Å². The van der Waals surface area contributed by atoms with E-state index in [1.807, 2.05) is 19.1 Å². The van der Waals surface area contributed by atoms with Crippen LogP contribution in [-0.4, -0.2) is 19.4 Å². The Bertz CT molecular complexity index is 651. The summed E-state index contributed by atoms with van der Waals surface area (Å²) in [5.41, 5.74) is 6.25. The molecule has 0 saturated heterocycles. The molecule has 0 aromatic carbocycles. The number of furan rings is 1. The van der Waals surface area contributed by atoms with Gasteiger partial charge in [0.25, 0.3) is 10.0 Å². The average molecular weight is 309 g/mol. The Morgan fingerprint density at radius 1 is 1.38 bits per heavy atom. The molecule has 0 aliphatic carbocycles. The summed E-state index contributed by atoms with van der Waals surface area (Å²) >= 11 is 0. The molecule has 2 rings (SSSR count). The average Bonchev–Trinajstić information content (AvgIpc) is 2.98. The normalized spacial score (nSPS) is 13.2. The second-order valence-corrected chi connectivity index (χ2v) is 6.51. The van der Waals surface area contributed by atoms with E-state index in [0.29, 0.717) is 19.4 Å². The highest BCUT2D eigenvalue weighted by Crippen LogP contribution is 2.10. The largest absolute Gasteiger partial charge is 0.469 e. The molecule has 0 aliphatic heterocycles. The number of hydrogen-bond acceptors (Lipinski definition) is 5. The Morgan fingerprint density at radius 2 is 2.19 bits per heavy atom. The van der Waals surface area contributed by atoms with Crippen LogP contribution in [0.15, 0.2) is 46.2 Å². The smallest absolute Gasteiger partial charge is 0.258 e. The molecule has 3 N–H and O–H groups in total. The zero-order chi connectivity index (χ0) is 15.3. The molecule has 0 spiro atoms. The summed E-state index contributed by atoms with van der Waals surface area (Å²) in [5.74, 6) is 0.839. The Hall–Kier alpha value is -1.70. The number of hydrogen-bond donors (Lipinski definition) is 2. The third-order valence-electron chi connectivity index (χ3n) is 3.07. The van der Waals surface area contributed by atoms with Crippen LogP contribution in [0.2, 0.25) is 0 Å². The SMILES string of the molecule is CC(CCc1ccco1)NS(=O)(=O)c1ccc(CN)cn1. The van der Waals surface area contributed by atoms with Crippen LogP contribution in [-0.2, 0) is 23.0 Å². The lowest BCUT2D eigenvalue weighted by molar-refractivity contribution is 0.479. The quantitative estimate of drug-likeness (QED) is 0.806. The van der Waals surface area contributed by atoms with Gasteiger partial charge >= 0.3 is 0 Å². The highest BCUT2D eigenvalue weighted by molar-refractivity contribution is 7.89. The molecule has 0 amide bonds. The van der Waals surface area contributed by atoms with E-state index in [9.17, 15) is 8.42 Å². The van der Waals surface area contributed by atoms with Gasteiger partial charge in [-0.05, 0) is 37.1 Å². The van der Waals surface area contributed by atoms with Gasteiger partial charge in [-0.15, -0.1) is 0 Å². The predicted octanol–water partition coefficient (Wildman–Crippen LogP) is 1.43. The Kier molecular flexibility index (Phi) is 5.11. The lowest BCUT2D eigenvalue weighted by Gasteiger charge is -2.13. The predicted molar refractivity (Wildman–Crippen MR) is 78.9 cm³/mol. The fraction of sp³-hybridized carbons (Fsp3) is 0.357. The van der Waals surface area contributed by atoms with Gasteiger partial charge in [0.2, 0.25) is 0 Å². The third-order valence-corrected chi connectivity index (χ3v) is 4.57. The summed E-state index contributed by atoms with van der Waals surface area (Å²) in [6, 6.07) is 6.59. The van der Waals surface area contributed by atoms with Crippen LogP contribution in [0, 0.1) is 0 Å². The van der Waals surface area contributed by atoms with Crippen LogP contribution < -0.4 is 10.5 Å². The molecular formula is C14H19N3O3S. The first kappa shape index (κ1) is 15.7. The summed E-state index contributed by atoms with van der Waals surface area (Å²) in [6.45, 7) is 2.15. The zero-order valence-corrected chi connectivity index (χ0v) is 12.6. The van der Waals surface area contributed by atoms with E-state index in [4.69, 9.17) is 10.2 Å². The lowest BCUT2D eigenvalue weighted by Crippen LogP contribution is -2.33. The van der Waals surface area contributed by atoms with Crippen LogP contribution in [0.3, 0.4) is 0 Å². The minimum atomic E-state index is -3.61. The van der Waals surface area contributed by atoms with Crippen molar-refractivity contribution in [2.24, 2.45) is 5.73 Å². The molecule has 0 aliphatic rings. The Balaban J connectivity index is 1.95. The molecule has 1 atom stereocenters. The van der Waals surface area contributed by atoms with Gasteiger partial charge in [0.05, 0.1) is 6.26 Å². The lowest BCUT2D eigenvalue weighted by atomic mass is 10.2. The van der Waals surface area contributed by atoms with Gasteiger partial charge in [-0.25, -0.2) is 18.1 Å². The minimum absolute atomic E-state index is 0.00421. The molecule has 0 saturated carbocycles. The van der Waals surface area contributed by atoms with Crippen molar-refractivity contribution in [1.29, 1.82) is 0 Å². The van der Waals surface area contributed by atoms with Crippen molar-refractivity contribution in [3.8, 4) is 0 Å². The van der Waals surface area contributed by atoms with Gasteiger partial charge in [0.1, 0.15) is 5.76 Å². The molecule has 6 nitrogen and oxygen atoms in total. The van der Waals surface area contributed by atoms with Crippen LogP contribution in [0.5, 0.6) is 0 Å². The van der Waals surface area contributed by atoms with Crippen LogP contribution >= 0.6 is 0 Å². The molecule has 0 radical (unpaired) electrons. The zero-order valence-electron chi connectivity index (χ0n) is 11.8. The molecule has 2 heterocycles. The molecule has 2 aromatic rings. The molecular weight excluding hydrogens is 290 g/mol. The first-order chi connectivity index (χ1) is 10.0. The first-order valence-corrected chi connectivity index (χ1v) is 8.19. The van der Waals surface area contributed by atoms with Gasteiger partial charge in [-0.2, -0.15) is 0 Å². The molecule has 114 valence electrons. The van der Waals surface area contributed by atoms with Crippen LogP contribution in [0.4, 0.5) is 0 Å². The molecule has 2 aromatic heterocycles. The van der Waals surface area contributed by atoms with E-state index in [1.54, 1.807) is 12.3 Å². The van der Waals surface area contributed by atoms with E-state index in [0.717, 1.165) is 11.3 Å². The monoisotopic (exact) mass is 309 g/mol. The van der Waals surface area contributed by atoms with Gasteiger partial charge in [-0.1, -0.05) is 6.07 Å². The Morgan fingerprint density at radius 3 is 2.76 bits per heavy atom. The number of aryl methyl sites for hydroxylation is 1. The fourth-order valence-corrected chi connectivity index (χ4v) is 3.10. The number of pyridine rings is 1. The second-order valence-electron chi connectivity index (χ2n) is 4.85. The standard InChI is InChI=1S/C14H19N3O3S/c1-11(4-6-13-3-2-8-20-13)17-21(18,19)14-7-5-12(9-15)10-16-14/h2-3,5,7-8,10-11,17H,4,6,9,15H2,1H3. The highest BCUT2D eigenvalue weighted by Gasteiger charge is 2.18. The summed E-state index contributed by atoms with van der Waals surface area (Å²) in [5, 5.41) is 0.00421. The number of aromatic nitrogens is 1. The summed E-state index contributed by atoms with van der Waals surface area (Å²) < 4.78 is 32.2. The maximum Gasteiger partial charge on any atom is 0.258 e. The number of nitrogens with one attached hydrogen (secondary N) is 1. The van der Waals surface area contributed by atoms with E-state index in [-0.39, 0.29) is 11.1 Å². The van der Waals surface area contributed by atoms with E-state index >= 15 is 0 Å². The van der Waals surface area contributed by atoms with Crippen molar-refractivity contribution < 1.29 is 12.8 Å². The third kappa shape index (κ3) is 4.38. The maximum atomic E-state index is 12.2. The highest BCUT2D eigenvalue weighted by atomic mass is 32.2. The molecule has 21 heavy (non-hydrogen) atoms. The maximum absolute atomic E-state index is 12.2.